The van der Waals surface area contributed by atoms with E-state index in [0.29, 0.717) is 12.0 Å². The molecule has 0 spiro atoms. The molecule has 19 heteroatoms. The van der Waals surface area contributed by atoms with Crippen LogP contribution in [0.5, 0.6) is 0 Å². The van der Waals surface area contributed by atoms with Crippen molar-refractivity contribution in [3.8, 4) is 0 Å². The van der Waals surface area contributed by atoms with E-state index in [4.69, 9.17) is 11.5 Å². The minimum Gasteiger partial charge on any atom is -0.480 e. The molecule has 0 aliphatic carbocycles. The first-order valence-corrected chi connectivity index (χ1v) is 15.4. The molecule has 0 aromatic heterocycles. The Balaban J connectivity index is 2.06. The normalized spacial score (nSPS) is 17.7. The van der Waals surface area contributed by atoms with Crippen LogP contribution >= 0.6 is 0 Å². The second kappa shape index (κ2) is 19.0. The number of benzene rings is 1. The predicted octanol–water partition coefficient (Wildman–Crippen LogP) is -5.04. The highest BCUT2D eigenvalue weighted by molar-refractivity contribution is 5.98. The molecule has 12 N–H and O–H groups in total. The summed E-state index contributed by atoms with van der Waals surface area (Å²) in [6.07, 6.45) is -3.18. The van der Waals surface area contributed by atoms with Crippen molar-refractivity contribution in [2.45, 2.75) is 81.9 Å². The SMILES string of the molecule is C[C@@H](O)[C@H](NC(=O)[C@@H](NC(=O)[C@@H]1CCCN1C(=O)[C@H](CC(N)=O)NC(=O)CN)[C@@H](C)O)C(=O)NCC(=O)N[C@@H](Cc1ccccc1)C(=O)O. The standard InChI is InChI=1S/C30H44N8O11/c1-15(39)24(27(45)33-14-23(43)35-19(30(48)49)11-17-7-4-3-5-8-17)37-28(46)25(16(2)40)36-26(44)20-9-6-10-38(20)29(47)18(12-21(32)41)34-22(42)13-31/h3-5,7-8,15-16,18-20,24-25,39-40H,6,9-14,31H2,1-2H3,(H2,32,41)(H,33,45)(H,34,42)(H,35,43)(H,36,44)(H,37,46)(H,48,49)/t15-,16-,18+,19+,20+,24+,25+/m1/s1. The second-order valence-corrected chi connectivity index (χ2v) is 11.5. The Labute approximate surface area is 281 Å². The molecule has 0 saturated carbocycles. The van der Waals surface area contributed by atoms with Crippen LogP contribution in [0.4, 0.5) is 0 Å². The molecule has 1 aromatic rings. The number of primary amides is 1. The number of carboxylic acid groups (broad SMARTS) is 1. The van der Waals surface area contributed by atoms with Crippen molar-refractivity contribution in [3.63, 3.8) is 0 Å². The van der Waals surface area contributed by atoms with E-state index in [2.05, 4.69) is 26.6 Å². The summed E-state index contributed by atoms with van der Waals surface area (Å²) >= 11 is 0. The summed E-state index contributed by atoms with van der Waals surface area (Å²) < 4.78 is 0. The molecule has 1 aromatic carbocycles. The lowest BCUT2D eigenvalue weighted by Gasteiger charge is -2.30. The summed E-state index contributed by atoms with van der Waals surface area (Å²) in [5.74, 6) is -7.59. The number of carbonyl (C=O) groups is 8. The van der Waals surface area contributed by atoms with Crippen LogP contribution in [0.2, 0.25) is 0 Å². The number of likely N-dealkylation sites (tertiary alicyclic amines) is 1. The highest BCUT2D eigenvalue weighted by atomic mass is 16.4. The van der Waals surface area contributed by atoms with Crippen molar-refractivity contribution in [1.82, 2.24) is 31.5 Å². The van der Waals surface area contributed by atoms with Gasteiger partial charge in [0.1, 0.15) is 30.2 Å². The van der Waals surface area contributed by atoms with E-state index >= 15 is 0 Å². The number of nitrogens with zero attached hydrogens (tertiary/aromatic N) is 1. The zero-order valence-electron chi connectivity index (χ0n) is 27.1. The second-order valence-electron chi connectivity index (χ2n) is 11.5. The van der Waals surface area contributed by atoms with Gasteiger partial charge in [0.05, 0.1) is 31.7 Å². The van der Waals surface area contributed by atoms with Crippen LogP contribution < -0.4 is 38.1 Å². The lowest BCUT2D eigenvalue weighted by atomic mass is 10.1. The summed E-state index contributed by atoms with van der Waals surface area (Å²) in [5, 5.41) is 41.4. The molecule has 270 valence electrons. The fraction of sp³-hybridized carbons (Fsp3) is 0.533. The molecular weight excluding hydrogens is 648 g/mol. The quantitative estimate of drug-likeness (QED) is 0.0691. The molecule has 0 radical (unpaired) electrons. The Morgan fingerprint density at radius 2 is 1.45 bits per heavy atom. The van der Waals surface area contributed by atoms with Crippen LogP contribution in [0.25, 0.3) is 0 Å². The maximum atomic E-state index is 13.3. The molecule has 0 unspecified atom stereocenters. The highest BCUT2D eigenvalue weighted by Crippen LogP contribution is 2.20. The first kappa shape index (κ1) is 40.0. The third kappa shape index (κ3) is 12.4. The smallest absolute Gasteiger partial charge is 0.326 e. The van der Waals surface area contributed by atoms with E-state index in [9.17, 15) is 53.7 Å². The summed E-state index contributed by atoms with van der Waals surface area (Å²) in [5.41, 5.74) is 11.1. The summed E-state index contributed by atoms with van der Waals surface area (Å²) in [6, 6.07) is 1.27. The van der Waals surface area contributed by atoms with E-state index in [1.807, 2.05) is 0 Å². The molecule has 1 aliphatic heterocycles. The average molecular weight is 693 g/mol. The van der Waals surface area contributed by atoms with Crippen LogP contribution in [0.15, 0.2) is 30.3 Å². The van der Waals surface area contributed by atoms with Gasteiger partial charge in [0.25, 0.3) is 0 Å². The topological polar surface area (TPSA) is 313 Å². The minimum absolute atomic E-state index is 0.0275. The van der Waals surface area contributed by atoms with Crippen molar-refractivity contribution in [1.29, 1.82) is 0 Å². The molecule has 2 rings (SSSR count). The lowest BCUT2D eigenvalue weighted by molar-refractivity contribution is -0.143. The molecule has 1 saturated heterocycles. The maximum absolute atomic E-state index is 13.3. The molecule has 1 heterocycles. The number of aliphatic hydroxyl groups is 2. The number of hydrogen-bond donors (Lipinski definition) is 10. The first-order valence-electron chi connectivity index (χ1n) is 15.4. The van der Waals surface area contributed by atoms with Gasteiger partial charge in [0.2, 0.25) is 41.4 Å². The Hall–Kier alpha value is -5.14. The van der Waals surface area contributed by atoms with Gasteiger partial charge in [-0.25, -0.2) is 4.79 Å². The van der Waals surface area contributed by atoms with Crippen LogP contribution in [-0.4, -0.2) is 130 Å². The summed E-state index contributed by atoms with van der Waals surface area (Å²) in [6.45, 7) is 1.21. The number of carbonyl (C=O) groups excluding carboxylic acids is 7. The molecule has 7 atom stereocenters. The van der Waals surface area contributed by atoms with Gasteiger partial charge in [-0.1, -0.05) is 30.3 Å². The van der Waals surface area contributed by atoms with Gasteiger partial charge >= 0.3 is 5.97 Å². The third-order valence-corrected chi connectivity index (χ3v) is 7.53. The van der Waals surface area contributed by atoms with Crippen molar-refractivity contribution in [3.05, 3.63) is 35.9 Å². The largest absolute Gasteiger partial charge is 0.480 e. The van der Waals surface area contributed by atoms with Gasteiger partial charge in [0.15, 0.2) is 0 Å². The number of hydrogen-bond acceptors (Lipinski definition) is 11. The fourth-order valence-electron chi connectivity index (χ4n) is 5.03. The lowest BCUT2D eigenvalue weighted by Crippen LogP contribution is -2.62. The number of aliphatic hydroxyl groups excluding tert-OH is 2. The monoisotopic (exact) mass is 692 g/mol. The molecule has 0 bridgehead atoms. The van der Waals surface area contributed by atoms with E-state index in [1.54, 1.807) is 30.3 Å². The van der Waals surface area contributed by atoms with Crippen molar-refractivity contribution in [2.75, 3.05) is 19.6 Å². The number of aliphatic carboxylic acids is 1. The van der Waals surface area contributed by atoms with Crippen molar-refractivity contribution < 1.29 is 53.7 Å². The van der Waals surface area contributed by atoms with Crippen molar-refractivity contribution in [2.24, 2.45) is 11.5 Å². The van der Waals surface area contributed by atoms with Crippen molar-refractivity contribution >= 4 is 47.3 Å². The minimum atomic E-state index is -1.69. The van der Waals surface area contributed by atoms with Crippen LogP contribution in [-0.2, 0) is 44.8 Å². The van der Waals surface area contributed by atoms with Crippen LogP contribution in [0.3, 0.4) is 0 Å². The zero-order chi connectivity index (χ0) is 36.8. The Bertz CT molecular complexity index is 1370. The number of nitrogens with one attached hydrogen (secondary N) is 5. The maximum Gasteiger partial charge on any atom is 0.326 e. The van der Waals surface area contributed by atoms with Crippen LogP contribution in [0, 0.1) is 0 Å². The average Bonchev–Trinajstić information content (AvgIpc) is 3.54. The number of rotatable bonds is 18. The molecule has 1 fully saturated rings. The molecule has 7 amide bonds. The highest BCUT2D eigenvalue weighted by Gasteiger charge is 2.40. The van der Waals surface area contributed by atoms with Gasteiger partial charge < -0.3 is 58.3 Å². The Morgan fingerprint density at radius 3 is 2.00 bits per heavy atom. The number of amides is 7. The molecule has 19 nitrogen and oxygen atoms in total. The van der Waals surface area contributed by atoms with Gasteiger partial charge in [-0.05, 0) is 32.3 Å². The van der Waals surface area contributed by atoms with Crippen LogP contribution in [0.1, 0.15) is 38.7 Å². The van der Waals surface area contributed by atoms with Gasteiger partial charge in [-0.15, -0.1) is 0 Å². The summed E-state index contributed by atoms with van der Waals surface area (Å²) in [4.78, 5) is 101. The van der Waals surface area contributed by atoms with Gasteiger partial charge in [-0.2, -0.15) is 0 Å². The van der Waals surface area contributed by atoms with Gasteiger partial charge in [0, 0.05) is 13.0 Å². The molecular formula is C30H44N8O11. The van der Waals surface area contributed by atoms with Gasteiger partial charge in [-0.3, -0.25) is 33.6 Å². The Kier molecular flexibility index (Phi) is 15.5. The number of carboxylic acids is 1. The van der Waals surface area contributed by atoms with E-state index in [1.165, 1.54) is 6.92 Å². The predicted molar refractivity (Wildman–Crippen MR) is 169 cm³/mol. The Morgan fingerprint density at radius 1 is 0.857 bits per heavy atom. The molecule has 1 aliphatic rings. The fourth-order valence-corrected chi connectivity index (χ4v) is 5.03. The molecule has 49 heavy (non-hydrogen) atoms. The van der Waals surface area contributed by atoms with E-state index in [0.717, 1.165) is 11.8 Å². The van der Waals surface area contributed by atoms with E-state index < -0.39 is 109 Å². The van der Waals surface area contributed by atoms with E-state index in [-0.39, 0.29) is 19.4 Å². The number of nitrogens with two attached hydrogens (primary N) is 2. The summed E-state index contributed by atoms with van der Waals surface area (Å²) in [7, 11) is 0. The first-order chi connectivity index (χ1) is 23.0. The zero-order valence-corrected chi connectivity index (χ0v) is 27.1. The third-order valence-electron chi connectivity index (χ3n) is 7.53.